The molecule has 0 heterocycles. The molecule has 5 nitrogen and oxygen atoms in total. The Morgan fingerprint density at radius 3 is 2.80 bits per heavy atom. The molecule has 0 saturated carbocycles. The number of aliphatic hydroxyl groups is 1. The van der Waals surface area contributed by atoms with Crippen molar-refractivity contribution < 1.29 is 14.9 Å². The number of nitrogens with zero attached hydrogens (tertiary/aromatic N) is 1. The normalized spacial score (nSPS) is 19.1. The van der Waals surface area contributed by atoms with Crippen LogP contribution < -0.4 is 15.0 Å². The Kier molecular flexibility index (Phi) is 8.67. The van der Waals surface area contributed by atoms with Gasteiger partial charge in [-0.25, -0.2) is 0 Å². The molecule has 2 aliphatic carbocycles. The van der Waals surface area contributed by atoms with Crippen molar-refractivity contribution in [1.29, 1.82) is 0 Å². The molecule has 0 aromatic heterocycles. The van der Waals surface area contributed by atoms with Gasteiger partial charge >= 0.3 is 0 Å². The van der Waals surface area contributed by atoms with Crippen molar-refractivity contribution in [2.75, 3.05) is 45.3 Å². The van der Waals surface area contributed by atoms with E-state index in [-0.39, 0.29) is 6.61 Å². The lowest BCUT2D eigenvalue weighted by Crippen LogP contribution is -2.30. The van der Waals surface area contributed by atoms with Gasteiger partial charge in [0, 0.05) is 24.8 Å². The molecule has 2 aliphatic rings. The Bertz CT molecular complexity index is 1090. The first-order chi connectivity index (χ1) is 17.1. The number of aryl methyl sites for hydroxylation is 1. The molecule has 1 unspecified atom stereocenters. The fourth-order valence-electron chi connectivity index (χ4n) is 5.20. The van der Waals surface area contributed by atoms with Crippen LogP contribution in [0.15, 0.2) is 72.4 Å². The van der Waals surface area contributed by atoms with E-state index in [2.05, 4.69) is 58.8 Å². The number of ether oxygens (including phenoxy) is 1. The molecule has 2 aromatic carbocycles. The van der Waals surface area contributed by atoms with Gasteiger partial charge in [0.2, 0.25) is 0 Å². The van der Waals surface area contributed by atoms with E-state index in [1.165, 1.54) is 22.3 Å². The summed E-state index contributed by atoms with van der Waals surface area (Å²) >= 11 is 0. The third kappa shape index (κ3) is 6.36. The fraction of sp³-hybridized carbons (Fsp3) is 0.400. The summed E-state index contributed by atoms with van der Waals surface area (Å²) in [6.07, 6.45) is 15.1. The van der Waals surface area contributed by atoms with Crippen LogP contribution in [-0.2, 0) is 12.8 Å². The molecular formula is C30H38N2O3. The van der Waals surface area contributed by atoms with Crippen molar-refractivity contribution in [3.8, 4) is 11.5 Å². The summed E-state index contributed by atoms with van der Waals surface area (Å²) in [4.78, 5) is 2.28. The summed E-state index contributed by atoms with van der Waals surface area (Å²) in [6, 6.07) is 12.1. The number of nitrogens with one attached hydrogen (secondary N) is 1. The van der Waals surface area contributed by atoms with Crippen LogP contribution in [0.2, 0.25) is 0 Å². The Labute approximate surface area is 209 Å². The molecule has 0 radical (unpaired) electrons. The van der Waals surface area contributed by atoms with E-state index < -0.39 is 0 Å². The van der Waals surface area contributed by atoms with Gasteiger partial charge in [0.05, 0.1) is 13.7 Å². The second kappa shape index (κ2) is 12.1. The van der Waals surface area contributed by atoms with Crippen LogP contribution in [0.5, 0.6) is 11.5 Å². The van der Waals surface area contributed by atoms with Gasteiger partial charge in [-0.05, 0) is 91.6 Å². The second-order valence-electron chi connectivity index (χ2n) is 9.50. The molecule has 0 spiro atoms. The third-order valence-corrected chi connectivity index (χ3v) is 7.13. The summed E-state index contributed by atoms with van der Waals surface area (Å²) in [5.41, 5.74) is 6.19. The predicted molar refractivity (Wildman–Crippen MR) is 144 cm³/mol. The number of aliphatic hydroxyl groups excluding tert-OH is 1. The molecule has 0 saturated heterocycles. The Morgan fingerprint density at radius 2 is 2.00 bits per heavy atom. The molecular weight excluding hydrogens is 436 g/mol. The largest absolute Gasteiger partial charge is 0.508 e. The van der Waals surface area contributed by atoms with Crippen molar-refractivity contribution in [3.05, 3.63) is 89.0 Å². The first kappa shape index (κ1) is 25.1. The lowest BCUT2D eigenvalue weighted by molar-refractivity contribution is 0.302. The number of phenolic OH excluding ortho intramolecular Hbond substituents is 1. The molecule has 0 aliphatic heterocycles. The highest BCUT2D eigenvalue weighted by Gasteiger charge is 2.25. The Hall–Kier alpha value is -3.02. The SMILES string of the molecule is CNCCC1C=CC=C(CN(CCO)c2cc(OC)ccc2[C@@H]2CCc3cc(O)ccc3C2)C=C1. The van der Waals surface area contributed by atoms with Gasteiger partial charge < -0.3 is 25.2 Å². The third-order valence-electron chi connectivity index (χ3n) is 7.13. The maximum Gasteiger partial charge on any atom is 0.120 e. The second-order valence-corrected chi connectivity index (χ2v) is 9.50. The zero-order valence-corrected chi connectivity index (χ0v) is 20.9. The summed E-state index contributed by atoms with van der Waals surface area (Å²) in [5.74, 6) is 1.97. The zero-order chi connectivity index (χ0) is 24.6. The molecule has 2 atom stereocenters. The van der Waals surface area contributed by atoms with Crippen molar-refractivity contribution in [3.63, 3.8) is 0 Å². The number of phenols is 1. The van der Waals surface area contributed by atoms with E-state index >= 15 is 0 Å². The van der Waals surface area contributed by atoms with E-state index in [4.69, 9.17) is 4.74 Å². The molecule has 5 heteroatoms. The highest BCUT2D eigenvalue weighted by Crippen LogP contribution is 2.40. The van der Waals surface area contributed by atoms with Crippen molar-refractivity contribution in [1.82, 2.24) is 5.32 Å². The number of methoxy groups -OCH3 is 1. The van der Waals surface area contributed by atoms with Gasteiger partial charge in [-0.1, -0.05) is 42.5 Å². The number of benzene rings is 2. The number of rotatable bonds is 10. The molecule has 2 aromatic rings. The summed E-state index contributed by atoms with van der Waals surface area (Å²) < 4.78 is 5.59. The van der Waals surface area contributed by atoms with Crippen molar-refractivity contribution in [2.45, 2.75) is 31.6 Å². The van der Waals surface area contributed by atoms with Gasteiger partial charge in [-0.3, -0.25) is 0 Å². The number of hydrogen-bond donors (Lipinski definition) is 3. The lowest BCUT2D eigenvalue weighted by atomic mass is 9.79. The van der Waals surface area contributed by atoms with Crippen LogP contribution in [0.1, 0.15) is 35.4 Å². The average Bonchev–Trinajstić information content (AvgIpc) is 3.11. The monoisotopic (exact) mass is 474 g/mol. The first-order valence-electron chi connectivity index (χ1n) is 12.7. The standard InChI is InChI=1S/C30H38N2O3/c1-31-15-14-22-4-3-5-23(7-6-22)21-32(16-17-33)30-20-28(35-2)12-13-29(30)26-9-8-25-19-27(34)11-10-24(25)18-26/h3-7,10-13,19-20,22,26,31,33-34H,8-9,14-18,21H2,1-2H3/t22?,26-/m1/s1. The topological polar surface area (TPSA) is 65.0 Å². The van der Waals surface area contributed by atoms with Gasteiger partial charge in [0.25, 0.3) is 0 Å². The quantitative estimate of drug-likeness (QED) is 0.464. The highest BCUT2D eigenvalue weighted by atomic mass is 16.5. The molecule has 0 bridgehead atoms. The highest BCUT2D eigenvalue weighted by molar-refractivity contribution is 5.61. The number of fused-ring (bicyclic) bond motifs is 1. The minimum Gasteiger partial charge on any atom is -0.508 e. The molecule has 0 amide bonds. The fourth-order valence-corrected chi connectivity index (χ4v) is 5.20. The van der Waals surface area contributed by atoms with Crippen LogP contribution in [0, 0.1) is 5.92 Å². The van der Waals surface area contributed by atoms with Gasteiger partial charge in [-0.2, -0.15) is 0 Å². The molecule has 186 valence electrons. The molecule has 0 fully saturated rings. The van der Waals surface area contributed by atoms with Crippen LogP contribution >= 0.6 is 0 Å². The van der Waals surface area contributed by atoms with Crippen LogP contribution in [0.25, 0.3) is 0 Å². The zero-order valence-electron chi connectivity index (χ0n) is 20.9. The number of aromatic hydroxyl groups is 1. The van der Waals surface area contributed by atoms with Crippen LogP contribution in [0.3, 0.4) is 0 Å². The lowest BCUT2D eigenvalue weighted by Gasteiger charge is -2.32. The molecule has 3 N–H and O–H groups in total. The minimum absolute atomic E-state index is 0.0844. The molecule has 4 rings (SSSR count). The van der Waals surface area contributed by atoms with E-state index in [9.17, 15) is 10.2 Å². The van der Waals surface area contributed by atoms with E-state index in [1.54, 1.807) is 13.2 Å². The van der Waals surface area contributed by atoms with Crippen molar-refractivity contribution in [2.24, 2.45) is 5.92 Å². The van der Waals surface area contributed by atoms with Gasteiger partial charge in [0.15, 0.2) is 0 Å². The molecule has 35 heavy (non-hydrogen) atoms. The maximum atomic E-state index is 9.95. The van der Waals surface area contributed by atoms with Gasteiger partial charge in [0.1, 0.15) is 11.5 Å². The van der Waals surface area contributed by atoms with E-state index in [0.717, 1.165) is 50.2 Å². The Balaban J connectivity index is 1.60. The van der Waals surface area contributed by atoms with Gasteiger partial charge in [-0.15, -0.1) is 0 Å². The van der Waals surface area contributed by atoms with E-state index in [1.807, 2.05) is 19.2 Å². The minimum atomic E-state index is 0.0844. The average molecular weight is 475 g/mol. The smallest absolute Gasteiger partial charge is 0.120 e. The first-order valence-corrected chi connectivity index (χ1v) is 12.7. The summed E-state index contributed by atoms with van der Waals surface area (Å²) in [7, 11) is 3.69. The summed E-state index contributed by atoms with van der Waals surface area (Å²) in [5, 5.41) is 23.1. The predicted octanol–water partition coefficient (Wildman–Crippen LogP) is 4.75. The van der Waals surface area contributed by atoms with Crippen molar-refractivity contribution >= 4 is 5.69 Å². The van der Waals surface area contributed by atoms with E-state index in [0.29, 0.717) is 24.1 Å². The number of allylic oxidation sites excluding steroid dienone is 4. The maximum absolute atomic E-state index is 9.95. The number of anilines is 1. The summed E-state index contributed by atoms with van der Waals surface area (Å²) in [6.45, 7) is 2.34. The number of hydrogen-bond acceptors (Lipinski definition) is 5. The van der Waals surface area contributed by atoms with Crippen LogP contribution in [-0.4, -0.2) is 50.6 Å². The van der Waals surface area contributed by atoms with Crippen LogP contribution in [0.4, 0.5) is 5.69 Å². The Morgan fingerprint density at radius 1 is 1.11 bits per heavy atom.